The number of nitro groups is 1. The number of nitro benzene ring substituents is 1. The smallest absolute Gasteiger partial charge is 0.295 e. The number of nitrogens with zero attached hydrogens (tertiary/aromatic N) is 1. The van der Waals surface area contributed by atoms with Crippen LogP contribution >= 0.6 is 11.6 Å². The Morgan fingerprint density at radius 2 is 1.95 bits per heavy atom. The number of halogens is 2. The van der Waals surface area contributed by atoms with Crippen LogP contribution in [0.15, 0.2) is 42.5 Å². The van der Waals surface area contributed by atoms with E-state index in [0.29, 0.717) is 11.4 Å². The molecule has 0 aliphatic rings. The molecule has 110 valence electrons. The van der Waals surface area contributed by atoms with E-state index >= 15 is 0 Å². The fourth-order valence-corrected chi connectivity index (χ4v) is 2.22. The molecule has 2 rings (SSSR count). The van der Waals surface area contributed by atoms with Crippen LogP contribution in [0.1, 0.15) is 24.9 Å². The van der Waals surface area contributed by atoms with E-state index in [1.807, 2.05) is 19.1 Å². The van der Waals surface area contributed by atoms with Crippen molar-refractivity contribution in [1.29, 1.82) is 0 Å². The molecule has 6 heteroatoms. The highest BCUT2D eigenvalue weighted by Crippen LogP contribution is 2.32. The molecule has 2 aromatic carbocycles. The molecule has 0 bridgehead atoms. The van der Waals surface area contributed by atoms with Gasteiger partial charge in [-0.1, -0.05) is 36.7 Å². The van der Waals surface area contributed by atoms with Crippen LogP contribution < -0.4 is 5.32 Å². The maximum atomic E-state index is 13.9. The minimum absolute atomic E-state index is 0.0932. The predicted molar refractivity (Wildman–Crippen MR) is 81.2 cm³/mol. The maximum absolute atomic E-state index is 13.9. The quantitative estimate of drug-likeness (QED) is 0.628. The van der Waals surface area contributed by atoms with Crippen molar-refractivity contribution in [1.82, 2.24) is 0 Å². The van der Waals surface area contributed by atoms with E-state index in [1.54, 1.807) is 12.1 Å². The van der Waals surface area contributed by atoms with Crippen molar-refractivity contribution >= 4 is 23.0 Å². The highest BCUT2D eigenvalue weighted by Gasteiger charge is 2.21. The molecule has 0 aromatic heterocycles. The van der Waals surface area contributed by atoms with Crippen LogP contribution in [0.25, 0.3) is 0 Å². The van der Waals surface area contributed by atoms with Crippen molar-refractivity contribution in [2.45, 2.75) is 19.4 Å². The van der Waals surface area contributed by atoms with Gasteiger partial charge in [0.15, 0.2) is 5.82 Å². The minimum Gasteiger partial charge on any atom is -0.370 e. The molecule has 2 aromatic rings. The summed E-state index contributed by atoms with van der Waals surface area (Å²) in [5.41, 5.74) is 0.520. The summed E-state index contributed by atoms with van der Waals surface area (Å²) in [5, 5.41) is 14.5. The lowest BCUT2D eigenvalue weighted by atomic mass is 10.0. The SMILES string of the molecule is CCC(Nc1c(F)cccc1[N+](=O)[O-])c1ccc(Cl)cc1. The van der Waals surface area contributed by atoms with E-state index in [9.17, 15) is 14.5 Å². The van der Waals surface area contributed by atoms with Gasteiger partial charge in [0, 0.05) is 11.1 Å². The van der Waals surface area contributed by atoms with Crippen LogP contribution in [0, 0.1) is 15.9 Å². The van der Waals surface area contributed by atoms with E-state index in [4.69, 9.17) is 11.6 Å². The van der Waals surface area contributed by atoms with Crippen LogP contribution in [0.3, 0.4) is 0 Å². The van der Waals surface area contributed by atoms with Gasteiger partial charge in [-0.3, -0.25) is 10.1 Å². The van der Waals surface area contributed by atoms with E-state index in [-0.39, 0.29) is 17.4 Å². The highest BCUT2D eigenvalue weighted by molar-refractivity contribution is 6.30. The van der Waals surface area contributed by atoms with Crippen molar-refractivity contribution < 1.29 is 9.31 Å². The molecule has 0 heterocycles. The average molecular weight is 309 g/mol. The second kappa shape index (κ2) is 6.54. The second-order valence-corrected chi connectivity index (χ2v) is 4.98. The summed E-state index contributed by atoms with van der Waals surface area (Å²) < 4.78 is 13.9. The highest BCUT2D eigenvalue weighted by atomic mass is 35.5. The molecule has 0 aliphatic heterocycles. The van der Waals surface area contributed by atoms with Gasteiger partial charge in [0.25, 0.3) is 5.69 Å². The van der Waals surface area contributed by atoms with Crippen LogP contribution in [-0.2, 0) is 0 Å². The Hall–Kier alpha value is -2.14. The molecule has 0 spiro atoms. The van der Waals surface area contributed by atoms with Gasteiger partial charge >= 0.3 is 0 Å². The first-order valence-corrected chi connectivity index (χ1v) is 6.85. The number of rotatable bonds is 5. The monoisotopic (exact) mass is 308 g/mol. The summed E-state index contributed by atoms with van der Waals surface area (Å²) in [6.45, 7) is 1.92. The molecule has 0 radical (unpaired) electrons. The lowest BCUT2D eigenvalue weighted by Crippen LogP contribution is -2.12. The van der Waals surface area contributed by atoms with Gasteiger partial charge in [0.2, 0.25) is 0 Å². The minimum atomic E-state index is -0.642. The summed E-state index contributed by atoms with van der Waals surface area (Å²) in [4.78, 5) is 10.4. The summed E-state index contributed by atoms with van der Waals surface area (Å²) >= 11 is 5.84. The zero-order valence-corrected chi connectivity index (χ0v) is 12.1. The molecule has 0 amide bonds. The molecule has 0 aliphatic carbocycles. The molecule has 21 heavy (non-hydrogen) atoms. The van der Waals surface area contributed by atoms with Gasteiger partial charge in [-0.05, 0) is 30.2 Å². The third-order valence-electron chi connectivity index (χ3n) is 3.19. The first kappa shape index (κ1) is 15.3. The van der Waals surface area contributed by atoms with Crippen molar-refractivity contribution in [3.05, 3.63) is 69.0 Å². The molecule has 4 nitrogen and oxygen atoms in total. The number of benzene rings is 2. The van der Waals surface area contributed by atoms with E-state index in [0.717, 1.165) is 5.56 Å². The zero-order chi connectivity index (χ0) is 15.4. The van der Waals surface area contributed by atoms with Crippen molar-refractivity contribution in [3.8, 4) is 0 Å². The first-order chi connectivity index (χ1) is 10.0. The molecular formula is C15H14ClFN2O2. The number of hydrogen-bond acceptors (Lipinski definition) is 3. The average Bonchev–Trinajstić information content (AvgIpc) is 2.47. The number of nitrogens with one attached hydrogen (secondary N) is 1. The molecule has 0 saturated carbocycles. The first-order valence-electron chi connectivity index (χ1n) is 6.47. The Morgan fingerprint density at radius 3 is 2.52 bits per heavy atom. The Morgan fingerprint density at radius 1 is 1.29 bits per heavy atom. The predicted octanol–water partition coefficient (Wildman–Crippen LogP) is 4.95. The number of anilines is 1. The van der Waals surface area contributed by atoms with Gasteiger partial charge in [-0.15, -0.1) is 0 Å². The summed E-state index contributed by atoms with van der Waals surface area (Å²) in [6.07, 6.45) is 0.646. The van der Waals surface area contributed by atoms with Crippen molar-refractivity contribution in [2.75, 3.05) is 5.32 Å². The number of para-hydroxylation sites is 1. The van der Waals surface area contributed by atoms with Gasteiger partial charge < -0.3 is 5.32 Å². The van der Waals surface area contributed by atoms with Crippen LogP contribution in [0.2, 0.25) is 5.02 Å². The van der Waals surface area contributed by atoms with Gasteiger partial charge in [0.05, 0.1) is 11.0 Å². The van der Waals surface area contributed by atoms with Crippen LogP contribution in [-0.4, -0.2) is 4.92 Å². The van der Waals surface area contributed by atoms with Crippen molar-refractivity contribution in [2.24, 2.45) is 0 Å². The Labute approximate surface area is 126 Å². The van der Waals surface area contributed by atoms with E-state index < -0.39 is 10.7 Å². The summed E-state index contributed by atoms with van der Waals surface area (Å²) in [7, 11) is 0. The third kappa shape index (κ3) is 3.49. The normalized spacial score (nSPS) is 12.0. The largest absolute Gasteiger partial charge is 0.370 e. The van der Waals surface area contributed by atoms with Crippen LogP contribution in [0.4, 0.5) is 15.8 Å². The molecular weight excluding hydrogens is 295 g/mol. The standard InChI is InChI=1S/C15H14ClFN2O2/c1-2-13(10-6-8-11(16)9-7-10)18-15-12(17)4-3-5-14(15)19(20)21/h3-9,13,18H,2H2,1H3. The summed E-state index contributed by atoms with van der Waals surface area (Å²) in [5.74, 6) is -0.642. The Bertz CT molecular complexity index is 647. The van der Waals surface area contributed by atoms with Crippen molar-refractivity contribution in [3.63, 3.8) is 0 Å². The second-order valence-electron chi connectivity index (χ2n) is 4.55. The summed E-state index contributed by atoms with van der Waals surface area (Å²) in [6, 6.07) is 10.7. The Balaban J connectivity index is 2.35. The molecule has 1 atom stereocenters. The molecule has 1 N–H and O–H groups in total. The fourth-order valence-electron chi connectivity index (χ4n) is 2.10. The van der Waals surface area contributed by atoms with E-state index in [2.05, 4.69) is 5.32 Å². The Kier molecular flexibility index (Phi) is 4.75. The number of hydrogen-bond donors (Lipinski definition) is 1. The fraction of sp³-hybridized carbons (Fsp3) is 0.200. The molecule has 0 fully saturated rings. The van der Waals surface area contributed by atoms with Gasteiger partial charge in [-0.2, -0.15) is 0 Å². The van der Waals surface area contributed by atoms with Crippen LogP contribution in [0.5, 0.6) is 0 Å². The van der Waals surface area contributed by atoms with Gasteiger partial charge in [-0.25, -0.2) is 4.39 Å². The van der Waals surface area contributed by atoms with E-state index in [1.165, 1.54) is 18.2 Å². The maximum Gasteiger partial charge on any atom is 0.295 e. The zero-order valence-electron chi connectivity index (χ0n) is 11.3. The lowest BCUT2D eigenvalue weighted by molar-refractivity contribution is -0.384. The third-order valence-corrected chi connectivity index (χ3v) is 3.44. The molecule has 0 saturated heterocycles. The topological polar surface area (TPSA) is 55.2 Å². The van der Waals surface area contributed by atoms with Gasteiger partial charge in [0.1, 0.15) is 5.69 Å². The molecule has 1 unspecified atom stereocenters. The lowest BCUT2D eigenvalue weighted by Gasteiger charge is -2.19.